The van der Waals surface area contributed by atoms with E-state index >= 15 is 0 Å². The normalized spacial score (nSPS) is 13.7. The Hall–Kier alpha value is -2.34. The number of benzene rings is 1. The molecule has 2 heterocycles. The minimum atomic E-state index is -0.679. The maximum atomic E-state index is 12.2. The zero-order valence-electron chi connectivity index (χ0n) is 10.3. The molecule has 0 bridgehead atoms. The van der Waals surface area contributed by atoms with Crippen LogP contribution in [0.5, 0.6) is 0 Å². The first-order chi connectivity index (χ1) is 9.56. The first-order valence-electron chi connectivity index (χ1n) is 5.94. The molecule has 0 atom stereocenters. The highest BCUT2D eigenvalue weighted by Crippen LogP contribution is 2.22. The summed E-state index contributed by atoms with van der Waals surface area (Å²) in [6.07, 6.45) is 0. The van der Waals surface area contributed by atoms with Gasteiger partial charge in [-0.25, -0.2) is 4.79 Å². The van der Waals surface area contributed by atoms with Gasteiger partial charge in [0.25, 0.3) is 11.5 Å². The second-order valence-corrected chi connectivity index (χ2v) is 4.92. The number of aromatic nitrogens is 2. The van der Waals surface area contributed by atoms with E-state index in [1.54, 1.807) is 12.1 Å². The van der Waals surface area contributed by atoms with Gasteiger partial charge in [0.05, 0.1) is 12.1 Å². The van der Waals surface area contributed by atoms with Gasteiger partial charge in [-0.05, 0) is 11.6 Å². The van der Waals surface area contributed by atoms with Crippen molar-refractivity contribution in [2.45, 2.75) is 13.1 Å². The predicted octanol–water partition coefficient (Wildman–Crippen LogP) is 0.873. The molecule has 1 aliphatic heterocycles. The zero-order chi connectivity index (χ0) is 14.3. The fraction of sp³-hybridized carbons (Fsp3) is 0.154. The molecule has 0 saturated carbocycles. The summed E-state index contributed by atoms with van der Waals surface area (Å²) >= 11 is 6.05. The maximum absolute atomic E-state index is 12.2. The highest BCUT2D eigenvalue weighted by atomic mass is 35.5. The Kier molecular flexibility index (Phi) is 2.94. The summed E-state index contributed by atoms with van der Waals surface area (Å²) in [5.41, 5.74) is -0.0815. The summed E-state index contributed by atoms with van der Waals surface area (Å²) in [6, 6.07) is 7.17. The second-order valence-electron chi connectivity index (χ2n) is 4.51. The summed E-state index contributed by atoms with van der Waals surface area (Å²) in [5.74, 6) is -0.372. The predicted molar refractivity (Wildman–Crippen MR) is 72.7 cm³/mol. The molecular formula is C13H10ClN3O3. The largest absolute Gasteiger partial charge is 0.328 e. The molecule has 20 heavy (non-hydrogen) atoms. The Morgan fingerprint density at radius 3 is 2.65 bits per heavy atom. The third-order valence-electron chi connectivity index (χ3n) is 3.21. The fourth-order valence-electron chi connectivity index (χ4n) is 2.23. The number of nitrogens with one attached hydrogen (secondary N) is 2. The van der Waals surface area contributed by atoms with Gasteiger partial charge in [-0.1, -0.05) is 29.8 Å². The molecule has 0 spiro atoms. The summed E-state index contributed by atoms with van der Waals surface area (Å²) < 4.78 is 0. The Morgan fingerprint density at radius 1 is 1.15 bits per heavy atom. The standard InChI is InChI=1S/C13H10ClN3O3/c14-9-4-2-1-3-7(9)5-17-6-8-10(12(17)19)15-13(20)16-11(8)18/h1-4H,5-6H2,(H2,15,16,18,20). The van der Waals surface area contributed by atoms with Crippen LogP contribution in [0.15, 0.2) is 33.9 Å². The Bertz CT molecular complexity index is 809. The zero-order valence-corrected chi connectivity index (χ0v) is 11.0. The molecule has 2 N–H and O–H groups in total. The van der Waals surface area contributed by atoms with Crippen LogP contribution in [0.2, 0.25) is 5.02 Å². The summed E-state index contributed by atoms with van der Waals surface area (Å²) in [7, 11) is 0. The van der Waals surface area contributed by atoms with E-state index in [2.05, 4.69) is 9.97 Å². The van der Waals surface area contributed by atoms with Crippen molar-refractivity contribution in [1.82, 2.24) is 14.9 Å². The minimum Gasteiger partial charge on any atom is -0.328 e. The number of amides is 1. The van der Waals surface area contributed by atoms with Crippen molar-refractivity contribution < 1.29 is 4.79 Å². The minimum absolute atomic E-state index is 0.0609. The number of carbonyl (C=O) groups excluding carboxylic acids is 1. The van der Waals surface area contributed by atoms with Crippen LogP contribution in [-0.4, -0.2) is 20.8 Å². The molecule has 102 valence electrons. The van der Waals surface area contributed by atoms with E-state index in [9.17, 15) is 14.4 Å². The van der Waals surface area contributed by atoms with Gasteiger partial charge in [-0.2, -0.15) is 0 Å². The maximum Gasteiger partial charge on any atom is 0.326 e. The monoisotopic (exact) mass is 291 g/mol. The number of aromatic amines is 2. The first-order valence-corrected chi connectivity index (χ1v) is 6.32. The van der Waals surface area contributed by atoms with Crippen LogP contribution in [0.1, 0.15) is 21.6 Å². The lowest BCUT2D eigenvalue weighted by atomic mass is 10.2. The van der Waals surface area contributed by atoms with E-state index in [-0.39, 0.29) is 30.3 Å². The van der Waals surface area contributed by atoms with Crippen molar-refractivity contribution in [2.24, 2.45) is 0 Å². The summed E-state index contributed by atoms with van der Waals surface area (Å²) in [5, 5.41) is 0.554. The Labute approximate surface area is 118 Å². The third kappa shape index (κ3) is 2.04. The lowest BCUT2D eigenvalue weighted by molar-refractivity contribution is 0.0762. The molecule has 0 radical (unpaired) electrons. The van der Waals surface area contributed by atoms with Gasteiger partial charge in [-0.3, -0.25) is 14.6 Å². The van der Waals surface area contributed by atoms with Crippen LogP contribution in [0.3, 0.4) is 0 Å². The van der Waals surface area contributed by atoms with Crippen LogP contribution in [0, 0.1) is 0 Å². The van der Waals surface area contributed by atoms with E-state index in [1.807, 2.05) is 12.1 Å². The number of hydrogen-bond donors (Lipinski definition) is 2. The smallest absolute Gasteiger partial charge is 0.326 e. The number of rotatable bonds is 2. The lowest BCUT2D eigenvalue weighted by Gasteiger charge is -2.15. The average Bonchev–Trinajstić information content (AvgIpc) is 2.71. The first kappa shape index (κ1) is 12.7. The molecule has 1 amide bonds. The highest BCUT2D eigenvalue weighted by molar-refractivity contribution is 6.31. The SMILES string of the molecule is O=C1c2[nH]c(=O)[nH]c(=O)c2CN1Cc1ccccc1Cl. The quantitative estimate of drug-likeness (QED) is 0.861. The molecule has 0 aliphatic carbocycles. The topological polar surface area (TPSA) is 86.0 Å². The number of carbonyl (C=O) groups is 1. The van der Waals surface area contributed by atoms with Crippen LogP contribution >= 0.6 is 11.6 Å². The molecule has 0 unspecified atom stereocenters. The van der Waals surface area contributed by atoms with Crippen LogP contribution in [-0.2, 0) is 13.1 Å². The van der Waals surface area contributed by atoms with E-state index in [4.69, 9.17) is 11.6 Å². The number of hydrogen-bond acceptors (Lipinski definition) is 3. The Balaban J connectivity index is 1.95. The molecule has 6 nitrogen and oxygen atoms in total. The van der Waals surface area contributed by atoms with Gasteiger partial charge < -0.3 is 9.88 Å². The van der Waals surface area contributed by atoms with Crippen LogP contribution in [0.25, 0.3) is 0 Å². The molecule has 1 aliphatic rings. The fourth-order valence-corrected chi connectivity index (χ4v) is 2.42. The Morgan fingerprint density at radius 2 is 1.90 bits per heavy atom. The van der Waals surface area contributed by atoms with Crippen molar-refractivity contribution in [3.8, 4) is 0 Å². The van der Waals surface area contributed by atoms with Gasteiger partial charge in [0.1, 0.15) is 5.69 Å². The molecule has 0 saturated heterocycles. The number of H-pyrrole nitrogens is 2. The number of fused-ring (bicyclic) bond motifs is 1. The summed E-state index contributed by atoms with van der Waals surface area (Å²) in [4.78, 5) is 41.0. The molecular weight excluding hydrogens is 282 g/mol. The highest BCUT2D eigenvalue weighted by Gasteiger charge is 2.31. The second kappa shape index (κ2) is 4.64. The third-order valence-corrected chi connectivity index (χ3v) is 3.58. The molecule has 0 fully saturated rings. The van der Waals surface area contributed by atoms with E-state index in [1.165, 1.54) is 4.90 Å². The van der Waals surface area contributed by atoms with Gasteiger partial charge >= 0.3 is 5.69 Å². The van der Waals surface area contributed by atoms with Crippen molar-refractivity contribution in [2.75, 3.05) is 0 Å². The molecule has 7 heteroatoms. The van der Waals surface area contributed by atoms with Crippen LogP contribution < -0.4 is 11.2 Å². The number of nitrogens with zero attached hydrogens (tertiary/aromatic N) is 1. The van der Waals surface area contributed by atoms with Crippen molar-refractivity contribution in [3.63, 3.8) is 0 Å². The van der Waals surface area contributed by atoms with Gasteiger partial charge in [0.15, 0.2) is 0 Å². The van der Waals surface area contributed by atoms with Gasteiger partial charge in [-0.15, -0.1) is 0 Å². The molecule has 2 aromatic rings. The average molecular weight is 292 g/mol. The summed E-state index contributed by atoms with van der Waals surface area (Å²) in [6.45, 7) is 0.445. The van der Waals surface area contributed by atoms with Gasteiger partial charge in [0, 0.05) is 11.6 Å². The molecule has 3 rings (SSSR count). The van der Waals surface area contributed by atoms with Crippen LogP contribution in [0.4, 0.5) is 0 Å². The van der Waals surface area contributed by atoms with Crippen molar-refractivity contribution in [1.29, 1.82) is 0 Å². The van der Waals surface area contributed by atoms with E-state index in [0.29, 0.717) is 5.02 Å². The molecule has 1 aromatic carbocycles. The van der Waals surface area contributed by atoms with E-state index in [0.717, 1.165) is 5.56 Å². The van der Waals surface area contributed by atoms with E-state index < -0.39 is 11.2 Å². The number of halogens is 1. The molecule has 1 aromatic heterocycles. The van der Waals surface area contributed by atoms with Crippen molar-refractivity contribution in [3.05, 3.63) is 66.9 Å². The van der Waals surface area contributed by atoms with Gasteiger partial charge in [0.2, 0.25) is 0 Å². The lowest BCUT2D eigenvalue weighted by Crippen LogP contribution is -2.26. The van der Waals surface area contributed by atoms with Crippen molar-refractivity contribution >= 4 is 17.5 Å².